The van der Waals surface area contributed by atoms with Crippen LogP contribution >= 0.6 is 11.6 Å². The highest BCUT2D eigenvalue weighted by Gasteiger charge is 2.25. The molecule has 0 spiro atoms. The Hall–Kier alpha value is -1.10. The third kappa shape index (κ3) is 2.68. The number of nitrogens with zero attached hydrogens (tertiary/aromatic N) is 3. The van der Waals surface area contributed by atoms with Crippen LogP contribution in [0.1, 0.15) is 24.9 Å². The van der Waals surface area contributed by atoms with Crippen molar-refractivity contribution < 1.29 is 4.74 Å². The fourth-order valence-electron chi connectivity index (χ4n) is 3.14. The molecule has 2 aromatic rings. The Morgan fingerprint density at radius 2 is 2.14 bits per heavy atom. The molecule has 1 unspecified atom stereocenters. The second-order valence-corrected chi connectivity index (χ2v) is 5.71. The Labute approximate surface area is 130 Å². The number of rotatable bonds is 4. The molecule has 0 amide bonds. The fraction of sp³-hybridized carbons (Fsp3) is 0.500. The summed E-state index contributed by atoms with van der Waals surface area (Å²) in [5.41, 5.74) is 2.30. The van der Waals surface area contributed by atoms with E-state index < -0.39 is 0 Å². The third-order valence-corrected chi connectivity index (χ3v) is 4.54. The fourth-order valence-corrected chi connectivity index (χ4v) is 3.43. The van der Waals surface area contributed by atoms with E-state index in [0.29, 0.717) is 0 Å². The van der Waals surface area contributed by atoms with Gasteiger partial charge >= 0.3 is 0 Å². The Morgan fingerprint density at radius 1 is 1.38 bits per heavy atom. The summed E-state index contributed by atoms with van der Waals surface area (Å²) >= 11 is 6.53. The lowest BCUT2D eigenvalue weighted by molar-refractivity contribution is 0.0168. The van der Waals surface area contributed by atoms with Gasteiger partial charge in [0.15, 0.2) is 0 Å². The maximum absolute atomic E-state index is 6.53. The number of benzene rings is 1. The molecule has 0 N–H and O–H groups in total. The molecule has 5 heteroatoms. The standard InChI is InChI=1S/C16H21ClN3O/c1-3-14(19-7-9-21-10-8-19)16-12-11-18-20(4-2)15(12)6-5-13(16)17/h5-6,11,14H,1,3-4,7-10H2,2H3. The van der Waals surface area contributed by atoms with Crippen molar-refractivity contribution in [2.24, 2.45) is 0 Å². The Kier molecular flexibility index (Phi) is 4.48. The molecule has 0 aliphatic carbocycles. The van der Waals surface area contributed by atoms with E-state index in [1.165, 1.54) is 0 Å². The molecule has 1 radical (unpaired) electrons. The molecule has 0 bridgehead atoms. The van der Waals surface area contributed by atoms with Gasteiger partial charge in [0.2, 0.25) is 0 Å². The van der Waals surface area contributed by atoms with E-state index in [2.05, 4.69) is 29.9 Å². The summed E-state index contributed by atoms with van der Waals surface area (Å²) in [7, 11) is 0. The number of halogens is 1. The van der Waals surface area contributed by atoms with Crippen molar-refractivity contribution in [2.45, 2.75) is 25.9 Å². The molecule has 1 aliphatic rings. The molecule has 0 saturated carbocycles. The summed E-state index contributed by atoms with van der Waals surface area (Å²) in [5.74, 6) is 0. The van der Waals surface area contributed by atoms with Crippen molar-refractivity contribution in [3.63, 3.8) is 0 Å². The van der Waals surface area contributed by atoms with E-state index in [1.807, 2.05) is 16.9 Å². The molecular weight excluding hydrogens is 286 g/mol. The van der Waals surface area contributed by atoms with Crippen LogP contribution in [0.25, 0.3) is 10.9 Å². The van der Waals surface area contributed by atoms with Gasteiger partial charge in [0.1, 0.15) is 0 Å². The zero-order chi connectivity index (χ0) is 14.8. The van der Waals surface area contributed by atoms with Gasteiger partial charge in [-0.05, 0) is 31.0 Å². The highest BCUT2D eigenvalue weighted by Crippen LogP contribution is 2.36. The van der Waals surface area contributed by atoms with Crippen LogP contribution in [0.4, 0.5) is 0 Å². The lowest BCUT2D eigenvalue weighted by atomic mass is 9.98. The smallest absolute Gasteiger partial charge is 0.0686 e. The van der Waals surface area contributed by atoms with Gasteiger partial charge in [0, 0.05) is 36.1 Å². The molecule has 2 heterocycles. The average Bonchev–Trinajstić information content (AvgIpc) is 2.94. The maximum atomic E-state index is 6.53. The number of hydrogen-bond acceptors (Lipinski definition) is 3. The first-order valence-electron chi connectivity index (χ1n) is 7.51. The van der Waals surface area contributed by atoms with Crippen LogP contribution in [0, 0.1) is 6.92 Å². The van der Waals surface area contributed by atoms with Crippen LogP contribution < -0.4 is 0 Å². The van der Waals surface area contributed by atoms with Crippen LogP contribution in [-0.4, -0.2) is 41.0 Å². The van der Waals surface area contributed by atoms with Gasteiger partial charge in [-0.2, -0.15) is 5.10 Å². The molecule has 1 aliphatic heterocycles. The Bertz CT molecular complexity index is 619. The first-order valence-corrected chi connectivity index (χ1v) is 7.89. The van der Waals surface area contributed by atoms with E-state index in [9.17, 15) is 0 Å². The van der Waals surface area contributed by atoms with Crippen molar-refractivity contribution in [3.05, 3.63) is 35.8 Å². The van der Waals surface area contributed by atoms with Crippen molar-refractivity contribution in [2.75, 3.05) is 26.3 Å². The van der Waals surface area contributed by atoms with Gasteiger partial charge in [-0.25, -0.2) is 0 Å². The van der Waals surface area contributed by atoms with Crippen molar-refractivity contribution in [3.8, 4) is 0 Å². The molecule has 21 heavy (non-hydrogen) atoms. The maximum Gasteiger partial charge on any atom is 0.0686 e. The first kappa shape index (κ1) is 14.8. The Morgan fingerprint density at radius 3 is 2.81 bits per heavy atom. The van der Waals surface area contributed by atoms with Crippen LogP contribution in [0.5, 0.6) is 0 Å². The van der Waals surface area contributed by atoms with Crippen LogP contribution in [0.15, 0.2) is 18.3 Å². The predicted molar refractivity (Wildman–Crippen MR) is 85.5 cm³/mol. The third-order valence-electron chi connectivity index (χ3n) is 4.21. The predicted octanol–water partition coefficient (Wildman–Crippen LogP) is 3.31. The van der Waals surface area contributed by atoms with Gasteiger partial charge < -0.3 is 4.74 Å². The second kappa shape index (κ2) is 6.34. The van der Waals surface area contributed by atoms with E-state index in [0.717, 1.165) is 60.8 Å². The molecule has 1 fully saturated rings. The average molecular weight is 307 g/mol. The second-order valence-electron chi connectivity index (χ2n) is 5.31. The van der Waals surface area contributed by atoms with Crippen molar-refractivity contribution in [1.82, 2.24) is 14.7 Å². The van der Waals surface area contributed by atoms with Crippen molar-refractivity contribution in [1.29, 1.82) is 0 Å². The van der Waals surface area contributed by atoms with Gasteiger partial charge in [0.05, 0.1) is 24.9 Å². The normalized spacial score (nSPS) is 18.2. The van der Waals surface area contributed by atoms with E-state index in [-0.39, 0.29) is 6.04 Å². The van der Waals surface area contributed by atoms with E-state index >= 15 is 0 Å². The molecule has 3 rings (SSSR count). The summed E-state index contributed by atoms with van der Waals surface area (Å²) in [5, 5.41) is 6.42. The summed E-state index contributed by atoms with van der Waals surface area (Å²) in [6.45, 7) is 10.5. The van der Waals surface area contributed by atoms with Crippen LogP contribution in [0.3, 0.4) is 0 Å². The van der Waals surface area contributed by atoms with Gasteiger partial charge in [-0.3, -0.25) is 9.58 Å². The first-order chi connectivity index (χ1) is 10.3. The van der Waals surface area contributed by atoms with Crippen LogP contribution in [0.2, 0.25) is 5.02 Å². The number of hydrogen-bond donors (Lipinski definition) is 0. The minimum Gasteiger partial charge on any atom is -0.379 e. The van der Waals surface area contributed by atoms with Crippen LogP contribution in [-0.2, 0) is 11.3 Å². The zero-order valence-electron chi connectivity index (χ0n) is 12.4. The minimum atomic E-state index is 0.222. The molecular formula is C16H21ClN3O. The molecule has 1 saturated heterocycles. The topological polar surface area (TPSA) is 30.3 Å². The number of morpholine rings is 1. The van der Waals surface area contributed by atoms with E-state index in [1.54, 1.807) is 0 Å². The molecule has 1 atom stereocenters. The molecule has 113 valence electrons. The van der Waals surface area contributed by atoms with Gasteiger partial charge in [-0.15, -0.1) is 0 Å². The minimum absolute atomic E-state index is 0.222. The lowest BCUT2D eigenvalue weighted by Crippen LogP contribution is -2.39. The Balaban J connectivity index is 2.08. The van der Waals surface area contributed by atoms with Gasteiger partial charge in [0.25, 0.3) is 0 Å². The van der Waals surface area contributed by atoms with Gasteiger partial charge in [-0.1, -0.05) is 18.5 Å². The number of aromatic nitrogens is 2. The van der Waals surface area contributed by atoms with Crippen molar-refractivity contribution >= 4 is 22.5 Å². The SMILES string of the molecule is [CH2]CC(c1c(Cl)ccc2c1cnn2CC)N1CCOCC1. The highest BCUT2D eigenvalue weighted by atomic mass is 35.5. The lowest BCUT2D eigenvalue weighted by Gasteiger charge is -2.35. The molecule has 1 aromatic carbocycles. The number of ether oxygens (including phenoxy) is 1. The summed E-state index contributed by atoms with van der Waals surface area (Å²) in [6.07, 6.45) is 2.72. The monoisotopic (exact) mass is 306 g/mol. The quantitative estimate of drug-likeness (QED) is 0.868. The molecule has 1 aromatic heterocycles. The summed E-state index contributed by atoms with van der Waals surface area (Å²) in [4.78, 5) is 2.42. The zero-order valence-corrected chi connectivity index (χ0v) is 13.1. The summed E-state index contributed by atoms with van der Waals surface area (Å²) < 4.78 is 7.47. The number of fused-ring (bicyclic) bond motifs is 1. The number of aryl methyl sites for hydroxylation is 1. The molecule has 4 nitrogen and oxygen atoms in total. The van der Waals surface area contributed by atoms with E-state index in [4.69, 9.17) is 16.3 Å². The highest BCUT2D eigenvalue weighted by molar-refractivity contribution is 6.32. The largest absolute Gasteiger partial charge is 0.379 e. The summed E-state index contributed by atoms with van der Waals surface area (Å²) in [6, 6.07) is 4.26.